The van der Waals surface area contributed by atoms with E-state index in [2.05, 4.69) is 11.3 Å². The maximum atomic E-state index is 9.78. The molecule has 0 aromatic heterocycles. The zero-order chi connectivity index (χ0) is 4.99. The molecule has 0 radical (unpaired) electrons. The number of ether oxygens (including phenoxy) is 1. The Labute approximate surface area is 36.4 Å². The Balaban J connectivity index is 3.23. The minimum Gasteiger partial charge on any atom is -0.376 e. The van der Waals surface area contributed by atoms with Gasteiger partial charge in [-0.15, -0.1) is 4.79 Å². The fraction of sp³-hybridized carbons (Fsp3) is 0.250. The number of carbonyl (C=O) groups excluding carboxylic acids is 1. The van der Waals surface area contributed by atoms with Crippen LogP contribution in [0.2, 0.25) is 0 Å². The second kappa shape index (κ2) is 2.36. The summed E-state index contributed by atoms with van der Waals surface area (Å²) in [5, 5.41) is 0. The summed E-state index contributed by atoms with van der Waals surface area (Å²) in [6, 6.07) is 0. The Morgan fingerprint density at radius 1 is 2.00 bits per heavy atom. The summed E-state index contributed by atoms with van der Waals surface area (Å²) >= 11 is 0. The molecule has 0 aliphatic carbocycles. The first-order valence-corrected chi connectivity index (χ1v) is 1.44. The van der Waals surface area contributed by atoms with Crippen LogP contribution in [-0.4, -0.2) is 13.1 Å². The van der Waals surface area contributed by atoms with E-state index in [9.17, 15) is 4.79 Å². The zero-order valence-corrected chi connectivity index (χ0v) is 3.47. The van der Waals surface area contributed by atoms with E-state index >= 15 is 0 Å². The van der Waals surface area contributed by atoms with Gasteiger partial charge in [-0.1, -0.05) is 0 Å². The summed E-state index contributed by atoms with van der Waals surface area (Å²) in [5.74, 6) is -0.505. The summed E-state index contributed by atoms with van der Waals surface area (Å²) in [6.07, 6.45) is 0.861. The van der Waals surface area contributed by atoms with Crippen molar-refractivity contribution in [1.82, 2.24) is 0 Å². The predicted octanol–water partition coefficient (Wildman–Crippen LogP) is 0.149. The highest BCUT2D eigenvalue weighted by molar-refractivity contribution is 5.80. The van der Waals surface area contributed by atoms with Crippen molar-refractivity contribution < 1.29 is 9.53 Å². The van der Waals surface area contributed by atoms with Crippen LogP contribution in [-0.2, 0) is 9.53 Å². The van der Waals surface area contributed by atoms with E-state index in [1.807, 2.05) is 0 Å². The first-order valence-electron chi connectivity index (χ1n) is 1.44. The molecule has 0 aromatic carbocycles. The van der Waals surface area contributed by atoms with Crippen LogP contribution in [0.1, 0.15) is 0 Å². The molecule has 0 saturated carbocycles. The quantitative estimate of drug-likeness (QED) is 0.257. The lowest BCUT2D eigenvalue weighted by molar-refractivity contribution is -0.134. The topological polar surface area (TPSA) is 26.3 Å². The van der Waals surface area contributed by atoms with Crippen LogP contribution in [0.3, 0.4) is 0 Å². The van der Waals surface area contributed by atoms with Gasteiger partial charge in [0, 0.05) is 0 Å². The monoisotopic (exact) mass is 85.0 g/mol. The smallest absolute Gasteiger partial charge is 0.376 e. The SMILES string of the molecule is [CH+]=CC(=O)OC. The van der Waals surface area contributed by atoms with E-state index in [1.165, 1.54) is 7.11 Å². The van der Waals surface area contributed by atoms with Crippen LogP contribution in [0.15, 0.2) is 6.08 Å². The molecule has 0 atom stereocenters. The Morgan fingerprint density at radius 2 is 2.50 bits per heavy atom. The van der Waals surface area contributed by atoms with Crippen LogP contribution >= 0.6 is 0 Å². The molecule has 0 aromatic rings. The molecule has 0 fully saturated rings. The molecule has 0 amide bonds. The molecule has 32 valence electrons. The van der Waals surface area contributed by atoms with Gasteiger partial charge in [-0.25, -0.2) is 0 Å². The average Bonchev–Trinajstić information content (AvgIpc) is 1.65. The number of hydrogen-bond donors (Lipinski definition) is 0. The molecule has 0 unspecified atom stereocenters. The summed E-state index contributed by atoms with van der Waals surface area (Å²) in [5.41, 5.74) is 0. The zero-order valence-electron chi connectivity index (χ0n) is 3.47. The molecule has 0 heterocycles. The van der Waals surface area contributed by atoms with E-state index in [0.29, 0.717) is 0 Å². The minimum atomic E-state index is -0.505. The molecule has 6 heavy (non-hydrogen) atoms. The van der Waals surface area contributed by atoms with E-state index in [1.54, 1.807) is 0 Å². The first-order chi connectivity index (χ1) is 2.81. The average molecular weight is 85.1 g/mol. The highest BCUT2D eigenvalue weighted by Gasteiger charge is 1.96. The molecule has 2 nitrogen and oxygen atoms in total. The normalized spacial score (nSPS) is 6.67. The van der Waals surface area contributed by atoms with E-state index in [-0.39, 0.29) is 0 Å². The molecular formula is C4H5O2+. The Hall–Kier alpha value is -0.880. The molecule has 0 spiro atoms. The van der Waals surface area contributed by atoms with Crippen molar-refractivity contribution in [1.29, 1.82) is 0 Å². The van der Waals surface area contributed by atoms with Gasteiger partial charge in [0.1, 0.15) is 7.11 Å². The largest absolute Gasteiger partial charge is 0.483 e. The van der Waals surface area contributed by atoms with Gasteiger partial charge in [-0.2, -0.15) is 0 Å². The summed E-state index contributed by atoms with van der Waals surface area (Å²) in [4.78, 5) is 9.78. The maximum Gasteiger partial charge on any atom is 0.483 e. The number of carbonyl (C=O) groups is 1. The van der Waals surface area contributed by atoms with Crippen molar-refractivity contribution in [3.63, 3.8) is 0 Å². The maximum absolute atomic E-state index is 9.78. The van der Waals surface area contributed by atoms with Crippen LogP contribution in [0.25, 0.3) is 0 Å². The lowest BCUT2D eigenvalue weighted by atomic mass is 10.7. The lowest BCUT2D eigenvalue weighted by Crippen LogP contribution is -1.91. The molecular weight excluding hydrogens is 80.0 g/mol. The van der Waals surface area contributed by atoms with Crippen molar-refractivity contribution >= 4 is 5.97 Å². The Bertz CT molecular complexity index is 65.9. The molecule has 0 aliphatic rings. The number of rotatable bonds is 1. The highest BCUT2D eigenvalue weighted by atomic mass is 16.5. The Morgan fingerprint density at radius 3 is 2.50 bits per heavy atom. The lowest BCUT2D eigenvalue weighted by Gasteiger charge is -1.71. The van der Waals surface area contributed by atoms with Crippen LogP contribution in [0.5, 0.6) is 0 Å². The van der Waals surface area contributed by atoms with Crippen molar-refractivity contribution in [3.8, 4) is 0 Å². The standard InChI is InChI=1S/C4H5O2/c1-3-4(5)6-2/h1,3H,2H3/q+1. The highest BCUT2D eigenvalue weighted by Crippen LogP contribution is 1.67. The predicted molar refractivity (Wildman–Crippen MR) is 20.9 cm³/mol. The van der Waals surface area contributed by atoms with Crippen molar-refractivity contribution in [2.24, 2.45) is 0 Å². The van der Waals surface area contributed by atoms with Gasteiger partial charge in [0.15, 0.2) is 0 Å². The third-order valence-electron chi connectivity index (χ3n) is 0.337. The third kappa shape index (κ3) is 1.44. The minimum absolute atomic E-state index is 0.505. The van der Waals surface area contributed by atoms with Crippen LogP contribution in [0.4, 0.5) is 0 Å². The number of methoxy groups -OCH3 is 1. The molecule has 0 N–H and O–H groups in total. The fourth-order valence-corrected chi connectivity index (χ4v) is 0.0680. The van der Waals surface area contributed by atoms with E-state index in [0.717, 1.165) is 6.08 Å². The summed E-state index contributed by atoms with van der Waals surface area (Å²) in [7, 11) is 1.27. The molecule has 0 aliphatic heterocycles. The second-order valence-corrected chi connectivity index (χ2v) is 0.690. The van der Waals surface area contributed by atoms with Crippen molar-refractivity contribution in [2.75, 3.05) is 7.11 Å². The van der Waals surface area contributed by atoms with Crippen molar-refractivity contribution in [2.45, 2.75) is 0 Å². The van der Waals surface area contributed by atoms with Gasteiger partial charge in [-0.3, -0.25) is 0 Å². The van der Waals surface area contributed by atoms with Crippen LogP contribution in [0, 0.1) is 6.58 Å². The molecule has 2 heteroatoms. The summed E-state index contributed by atoms with van der Waals surface area (Å²) < 4.78 is 4.08. The molecule has 0 saturated heterocycles. The molecule has 0 bridgehead atoms. The first kappa shape index (κ1) is 5.12. The van der Waals surface area contributed by atoms with E-state index < -0.39 is 5.97 Å². The van der Waals surface area contributed by atoms with E-state index in [4.69, 9.17) is 0 Å². The van der Waals surface area contributed by atoms with Gasteiger partial charge < -0.3 is 4.74 Å². The second-order valence-electron chi connectivity index (χ2n) is 0.690. The Kier molecular flexibility index (Phi) is 2.02. The fourth-order valence-electron chi connectivity index (χ4n) is 0.0680. The van der Waals surface area contributed by atoms with Crippen molar-refractivity contribution in [3.05, 3.63) is 12.7 Å². The third-order valence-corrected chi connectivity index (χ3v) is 0.337. The van der Waals surface area contributed by atoms with Gasteiger partial charge in [0.25, 0.3) is 0 Å². The van der Waals surface area contributed by atoms with Crippen LogP contribution < -0.4 is 0 Å². The van der Waals surface area contributed by atoms with Gasteiger partial charge in [-0.05, 0) is 0 Å². The molecule has 0 rings (SSSR count). The van der Waals surface area contributed by atoms with Gasteiger partial charge >= 0.3 is 5.97 Å². The van der Waals surface area contributed by atoms with Gasteiger partial charge in [0.2, 0.25) is 6.08 Å². The number of hydrogen-bond acceptors (Lipinski definition) is 2. The summed E-state index contributed by atoms with van der Waals surface area (Å²) in [6.45, 7) is 4.68. The van der Waals surface area contributed by atoms with Gasteiger partial charge in [0.05, 0.1) is 6.58 Å². The number of esters is 1.